The summed E-state index contributed by atoms with van der Waals surface area (Å²) in [6.07, 6.45) is -4.36. The number of benzene rings is 2. The Labute approximate surface area is 133 Å². The number of anilines is 1. The van der Waals surface area contributed by atoms with E-state index < -0.39 is 11.7 Å². The van der Waals surface area contributed by atoms with Crippen molar-refractivity contribution in [3.8, 4) is 11.1 Å². The average molecular weight is 336 g/mol. The zero-order valence-electron chi connectivity index (χ0n) is 11.9. The van der Waals surface area contributed by atoms with Gasteiger partial charge >= 0.3 is 6.18 Å². The first kappa shape index (κ1) is 15.5. The summed E-state index contributed by atoms with van der Waals surface area (Å²) in [6, 6.07) is 10.4. The van der Waals surface area contributed by atoms with E-state index in [0.717, 1.165) is 22.4 Å². The summed E-state index contributed by atoms with van der Waals surface area (Å²) in [7, 11) is 0. The molecule has 1 aromatic heterocycles. The number of halogens is 3. The predicted molar refractivity (Wildman–Crippen MR) is 84.4 cm³/mol. The van der Waals surface area contributed by atoms with E-state index in [1.807, 2.05) is 12.1 Å². The second-order valence-corrected chi connectivity index (χ2v) is 5.96. The van der Waals surface area contributed by atoms with Crippen LogP contribution in [0.25, 0.3) is 21.3 Å². The summed E-state index contributed by atoms with van der Waals surface area (Å²) in [6.45, 7) is 1.39. The minimum atomic E-state index is -4.36. The number of fused-ring (bicyclic) bond motifs is 1. The largest absolute Gasteiger partial charge is 0.416 e. The van der Waals surface area contributed by atoms with Crippen LogP contribution >= 0.6 is 11.3 Å². The molecule has 0 unspecified atom stereocenters. The Bertz CT molecular complexity index is 869. The summed E-state index contributed by atoms with van der Waals surface area (Å²) in [5.74, 6) is -0.222. The first-order chi connectivity index (χ1) is 10.8. The van der Waals surface area contributed by atoms with Crippen LogP contribution in [0.2, 0.25) is 0 Å². The molecule has 7 heteroatoms. The molecule has 2 aromatic carbocycles. The number of nitrogens with one attached hydrogen (secondary N) is 1. The molecule has 0 aliphatic carbocycles. The zero-order chi connectivity index (χ0) is 16.6. The number of aromatic nitrogens is 1. The van der Waals surface area contributed by atoms with Crippen molar-refractivity contribution in [2.24, 2.45) is 0 Å². The van der Waals surface area contributed by atoms with Crippen LogP contribution in [0.1, 0.15) is 12.5 Å². The highest BCUT2D eigenvalue weighted by Crippen LogP contribution is 2.35. The van der Waals surface area contributed by atoms with Crippen molar-refractivity contribution in [3.63, 3.8) is 0 Å². The summed E-state index contributed by atoms with van der Waals surface area (Å²) in [5.41, 5.74) is 1.33. The third-order valence-corrected chi connectivity index (χ3v) is 4.16. The van der Waals surface area contributed by atoms with Crippen molar-refractivity contribution in [2.45, 2.75) is 13.1 Å². The van der Waals surface area contributed by atoms with E-state index in [1.54, 1.807) is 6.07 Å². The molecule has 1 amide bonds. The number of rotatable bonds is 2. The highest BCUT2D eigenvalue weighted by Gasteiger charge is 2.30. The van der Waals surface area contributed by atoms with Gasteiger partial charge in [0.05, 0.1) is 15.8 Å². The van der Waals surface area contributed by atoms with Crippen LogP contribution in [0.15, 0.2) is 42.5 Å². The maximum absolute atomic E-state index is 12.6. The molecule has 3 nitrogen and oxygen atoms in total. The summed E-state index contributed by atoms with van der Waals surface area (Å²) in [4.78, 5) is 15.5. The van der Waals surface area contributed by atoms with Gasteiger partial charge in [0.1, 0.15) is 0 Å². The van der Waals surface area contributed by atoms with Crippen molar-refractivity contribution >= 4 is 32.6 Å². The van der Waals surface area contributed by atoms with Gasteiger partial charge in [0.25, 0.3) is 0 Å². The molecule has 118 valence electrons. The smallest absolute Gasteiger partial charge is 0.302 e. The van der Waals surface area contributed by atoms with Crippen molar-refractivity contribution in [2.75, 3.05) is 5.32 Å². The molecule has 0 bridgehead atoms. The molecule has 0 aliphatic heterocycles. The monoisotopic (exact) mass is 336 g/mol. The second kappa shape index (κ2) is 5.66. The summed E-state index contributed by atoms with van der Waals surface area (Å²) < 4.78 is 38.8. The molecule has 0 saturated heterocycles. The minimum Gasteiger partial charge on any atom is -0.302 e. The number of carbonyl (C=O) groups excluding carboxylic acids is 1. The Morgan fingerprint density at radius 3 is 2.43 bits per heavy atom. The van der Waals surface area contributed by atoms with Gasteiger partial charge < -0.3 is 5.32 Å². The molecule has 3 aromatic rings. The Morgan fingerprint density at radius 2 is 1.83 bits per heavy atom. The van der Waals surface area contributed by atoms with Crippen molar-refractivity contribution in [1.29, 1.82) is 0 Å². The Hall–Kier alpha value is -2.41. The highest BCUT2D eigenvalue weighted by molar-refractivity contribution is 7.22. The first-order valence-electron chi connectivity index (χ1n) is 6.69. The van der Waals surface area contributed by atoms with Gasteiger partial charge in [-0.25, -0.2) is 4.98 Å². The molecule has 0 spiro atoms. The zero-order valence-corrected chi connectivity index (χ0v) is 12.8. The van der Waals surface area contributed by atoms with Crippen LogP contribution in [0.5, 0.6) is 0 Å². The third-order valence-electron chi connectivity index (χ3n) is 3.23. The number of amides is 1. The van der Waals surface area contributed by atoms with Gasteiger partial charge in [0.15, 0.2) is 5.13 Å². The van der Waals surface area contributed by atoms with Crippen molar-refractivity contribution in [3.05, 3.63) is 48.0 Å². The first-order valence-corrected chi connectivity index (χ1v) is 7.51. The van der Waals surface area contributed by atoms with E-state index in [-0.39, 0.29) is 5.91 Å². The quantitative estimate of drug-likeness (QED) is 0.720. The number of nitrogens with zero attached hydrogens (tertiary/aromatic N) is 1. The Kier molecular flexibility index (Phi) is 3.81. The van der Waals surface area contributed by atoms with Gasteiger partial charge in [-0.05, 0) is 23.8 Å². The molecule has 0 fully saturated rings. The summed E-state index contributed by atoms with van der Waals surface area (Å²) >= 11 is 1.32. The molecule has 0 aliphatic rings. The SMILES string of the molecule is CC(=O)Nc1nc2c(-c3ccc(C(F)(F)F)cc3)cccc2s1. The van der Waals surface area contributed by atoms with Crippen LogP contribution < -0.4 is 5.32 Å². The number of hydrogen-bond acceptors (Lipinski definition) is 3. The number of para-hydroxylation sites is 1. The Morgan fingerprint density at radius 1 is 1.13 bits per heavy atom. The fourth-order valence-electron chi connectivity index (χ4n) is 2.22. The molecule has 0 atom stereocenters. The molecule has 1 heterocycles. The van der Waals surface area contributed by atoms with E-state index >= 15 is 0 Å². The average Bonchev–Trinajstić information content (AvgIpc) is 2.87. The number of hydrogen-bond donors (Lipinski definition) is 1. The van der Waals surface area contributed by atoms with Gasteiger partial charge in [0, 0.05) is 12.5 Å². The van der Waals surface area contributed by atoms with Crippen LogP contribution in [0.3, 0.4) is 0 Å². The van der Waals surface area contributed by atoms with E-state index in [1.165, 1.54) is 30.4 Å². The van der Waals surface area contributed by atoms with Crippen LogP contribution in [-0.2, 0) is 11.0 Å². The molecule has 23 heavy (non-hydrogen) atoms. The predicted octanol–water partition coefficient (Wildman–Crippen LogP) is 4.94. The minimum absolute atomic E-state index is 0.222. The third kappa shape index (κ3) is 3.19. The molecular formula is C16H11F3N2OS. The summed E-state index contributed by atoms with van der Waals surface area (Å²) in [5, 5.41) is 3.09. The number of alkyl halides is 3. The highest BCUT2D eigenvalue weighted by atomic mass is 32.1. The van der Waals surface area contributed by atoms with E-state index in [9.17, 15) is 18.0 Å². The molecule has 0 saturated carbocycles. The van der Waals surface area contributed by atoms with Crippen LogP contribution in [0.4, 0.5) is 18.3 Å². The lowest BCUT2D eigenvalue weighted by Crippen LogP contribution is -2.04. The van der Waals surface area contributed by atoms with Gasteiger partial charge in [-0.1, -0.05) is 35.6 Å². The fourth-order valence-corrected chi connectivity index (χ4v) is 3.16. The van der Waals surface area contributed by atoms with Gasteiger partial charge in [-0.15, -0.1) is 0 Å². The topological polar surface area (TPSA) is 42.0 Å². The van der Waals surface area contributed by atoms with E-state index in [2.05, 4.69) is 10.3 Å². The Balaban J connectivity index is 2.05. The van der Waals surface area contributed by atoms with Gasteiger partial charge in [-0.3, -0.25) is 4.79 Å². The molecular weight excluding hydrogens is 325 g/mol. The lowest BCUT2D eigenvalue weighted by molar-refractivity contribution is -0.137. The second-order valence-electron chi connectivity index (χ2n) is 4.93. The standard InChI is InChI=1S/C16H11F3N2OS/c1-9(22)20-15-21-14-12(3-2-4-13(14)23-15)10-5-7-11(8-6-10)16(17,18)19/h2-8H,1H3,(H,20,21,22). The maximum Gasteiger partial charge on any atom is 0.416 e. The fraction of sp³-hybridized carbons (Fsp3) is 0.125. The van der Waals surface area contributed by atoms with Crippen molar-refractivity contribution < 1.29 is 18.0 Å². The number of thiazole rings is 1. The van der Waals surface area contributed by atoms with Gasteiger partial charge in [0.2, 0.25) is 5.91 Å². The normalized spacial score (nSPS) is 11.7. The van der Waals surface area contributed by atoms with Crippen LogP contribution in [-0.4, -0.2) is 10.9 Å². The van der Waals surface area contributed by atoms with Crippen LogP contribution in [0, 0.1) is 0 Å². The van der Waals surface area contributed by atoms with Crippen molar-refractivity contribution in [1.82, 2.24) is 4.98 Å². The molecule has 3 rings (SSSR count). The van der Waals surface area contributed by atoms with E-state index in [0.29, 0.717) is 16.2 Å². The maximum atomic E-state index is 12.6. The molecule has 0 radical (unpaired) electrons. The lowest BCUT2D eigenvalue weighted by atomic mass is 10.0. The van der Waals surface area contributed by atoms with Gasteiger partial charge in [-0.2, -0.15) is 13.2 Å². The van der Waals surface area contributed by atoms with E-state index in [4.69, 9.17) is 0 Å². The lowest BCUT2D eigenvalue weighted by Gasteiger charge is -2.08. The molecule has 1 N–H and O–H groups in total. The number of carbonyl (C=O) groups is 1.